The molecule has 1 aliphatic heterocycles. The lowest BCUT2D eigenvalue weighted by molar-refractivity contribution is -0.136. The number of hydrogen-bond donors (Lipinski definition) is 1. The smallest absolute Gasteiger partial charge is 0.275 e. The Balaban J connectivity index is 1.44. The second kappa shape index (κ2) is 10.2. The summed E-state index contributed by atoms with van der Waals surface area (Å²) in [6.07, 6.45) is 6.52. The highest BCUT2D eigenvalue weighted by Crippen LogP contribution is 2.39. The molecule has 6 heteroatoms. The number of rotatable bonds is 8. The Morgan fingerprint density at radius 1 is 1.09 bits per heavy atom. The Kier molecular flexibility index (Phi) is 7.11. The first-order valence-electron chi connectivity index (χ1n) is 11.9. The van der Waals surface area contributed by atoms with Gasteiger partial charge in [-0.15, -0.1) is 0 Å². The summed E-state index contributed by atoms with van der Waals surface area (Å²) in [4.78, 5) is 33.1. The normalized spacial score (nSPS) is 18.2. The number of methoxy groups -OCH3 is 1. The summed E-state index contributed by atoms with van der Waals surface area (Å²) in [7, 11) is 1.62. The van der Waals surface area contributed by atoms with Crippen molar-refractivity contribution in [1.29, 1.82) is 0 Å². The molecular weight excluding hydrogens is 414 g/mol. The summed E-state index contributed by atoms with van der Waals surface area (Å²) in [6, 6.07) is 17.7. The van der Waals surface area contributed by atoms with Gasteiger partial charge in [-0.25, -0.2) is 0 Å². The Hall–Kier alpha value is -3.15. The van der Waals surface area contributed by atoms with Crippen molar-refractivity contribution in [2.24, 2.45) is 4.99 Å². The van der Waals surface area contributed by atoms with Gasteiger partial charge in [0.05, 0.1) is 7.11 Å². The van der Waals surface area contributed by atoms with Crippen LogP contribution < -0.4 is 10.1 Å². The fourth-order valence-corrected chi connectivity index (χ4v) is 4.85. The molecule has 6 nitrogen and oxygen atoms in total. The third kappa shape index (κ3) is 5.27. The van der Waals surface area contributed by atoms with E-state index < -0.39 is 5.66 Å². The van der Waals surface area contributed by atoms with Gasteiger partial charge in [-0.05, 0) is 75.3 Å². The molecule has 1 aliphatic carbocycles. The molecule has 0 saturated heterocycles. The van der Waals surface area contributed by atoms with Crippen LogP contribution in [0.25, 0.3) is 0 Å². The van der Waals surface area contributed by atoms with Crippen molar-refractivity contribution < 1.29 is 14.3 Å². The van der Waals surface area contributed by atoms with E-state index in [1.165, 1.54) is 5.56 Å². The number of carbonyl (C=O) groups excluding carboxylic acids is 2. The van der Waals surface area contributed by atoms with Gasteiger partial charge in [0, 0.05) is 11.6 Å². The molecule has 1 heterocycles. The predicted octanol–water partition coefficient (Wildman–Crippen LogP) is 4.12. The van der Waals surface area contributed by atoms with Gasteiger partial charge in [-0.2, -0.15) is 0 Å². The quantitative estimate of drug-likeness (QED) is 0.662. The van der Waals surface area contributed by atoms with Gasteiger partial charge in [0.15, 0.2) is 0 Å². The average molecular weight is 448 g/mol. The minimum absolute atomic E-state index is 0.0275. The highest BCUT2D eigenvalue weighted by atomic mass is 16.5. The van der Waals surface area contributed by atoms with E-state index in [4.69, 9.17) is 9.73 Å². The lowest BCUT2D eigenvalue weighted by Crippen LogP contribution is -2.52. The number of hydrogen-bond acceptors (Lipinski definition) is 4. The lowest BCUT2D eigenvalue weighted by Gasteiger charge is -2.39. The van der Waals surface area contributed by atoms with Crippen LogP contribution in [0.1, 0.15) is 56.6 Å². The van der Waals surface area contributed by atoms with Crippen LogP contribution >= 0.6 is 0 Å². The highest BCUT2D eigenvalue weighted by molar-refractivity contribution is 6.47. The summed E-state index contributed by atoms with van der Waals surface area (Å²) in [5.74, 6) is 0.451. The Labute approximate surface area is 196 Å². The minimum atomic E-state index is -0.602. The molecule has 2 aromatic carbocycles. The van der Waals surface area contributed by atoms with Crippen LogP contribution in [-0.2, 0) is 16.0 Å². The maximum atomic E-state index is 13.4. The zero-order valence-electron chi connectivity index (χ0n) is 19.5. The number of ether oxygens (including phenoxy) is 1. The maximum Gasteiger partial charge on any atom is 0.275 e. The van der Waals surface area contributed by atoms with E-state index in [0.717, 1.165) is 56.3 Å². The summed E-state index contributed by atoms with van der Waals surface area (Å²) < 4.78 is 5.24. The molecule has 1 unspecified atom stereocenters. The van der Waals surface area contributed by atoms with Crippen molar-refractivity contribution in [2.45, 2.75) is 63.6 Å². The molecule has 174 valence electrons. The van der Waals surface area contributed by atoms with Crippen molar-refractivity contribution in [3.05, 3.63) is 65.7 Å². The van der Waals surface area contributed by atoms with Crippen molar-refractivity contribution in [3.63, 3.8) is 0 Å². The van der Waals surface area contributed by atoms with Crippen LogP contribution in [0.5, 0.6) is 5.75 Å². The number of benzene rings is 2. The minimum Gasteiger partial charge on any atom is -0.497 e. The van der Waals surface area contributed by atoms with Crippen LogP contribution in [0.2, 0.25) is 0 Å². The predicted molar refractivity (Wildman–Crippen MR) is 129 cm³/mol. The Morgan fingerprint density at radius 2 is 1.79 bits per heavy atom. The van der Waals surface area contributed by atoms with E-state index >= 15 is 0 Å². The molecule has 0 aromatic heterocycles. The Morgan fingerprint density at radius 3 is 2.45 bits per heavy atom. The standard InChI is InChI=1S/C27H33N3O3/c1-20(11-12-21-9-5-3-6-10-21)28-24(31)19-30-26(32)25(22-13-15-23(33-2)16-14-22)29-27(30)17-7-4-8-18-27/h3,5-6,9-10,13-16,20H,4,7-8,11-12,17-19H2,1-2H3,(H,28,31). The monoisotopic (exact) mass is 447 g/mol. The van der Waals surface area contributed by atoms with Gasteiger partial charge in [-0.3, -0.25) is 14.6 Å². The molecule has 1 N–H and O–H groups in total. The number of aryl methyl sites for hydroxylation is 1. The lowest BCUT2D eigenvalue weighted by atomic mass is 9.88. The van der Waals surface area contributed by atoms with E-state index in [1.54, 1.807) is 12.0 Å². The number of aliphatic imine (C=N–C) groups is 1. The van der Waals surface area contributed by atoms with E-state index in [-0.39, 0.29) is 24.4 Å². The summed E-state index contributed by atoms with van der Waals surface area (Å²) in [5, 5.41) is 3.09. The third-order valence-corrected chi connectivity index (χ3v) is 6.71. The fourth-order valence-electron chi connectivity index (χ4n) is 4.85. The molecule has 2 amide bonds. The molecule has 33 heavy (non-hydrogen) atoms. The summed E-state index contributed by atoms with van der Waals surface area (Å²) >= 11 is 0. The number of carbonyl (C=O) groups is 2. The maximum absolute atomic E-state index is 13.4. The van der Waals surface area contributed by atoms with Crippen molar-refractivity contribution in [3.8, 4) is 5.75 Å². The van der Waals surface area contributed by atoms with E-state index in [0.29, 0.717) is 5.71 Å². The van der Waals surface area contributed by atoms with Crippen LogP contribution in [0.3, 0.4) is 0 Å². The van der Waals surface area contributed by atoms with Gasteiger partial charge in [-0.1, -0.05) is 36.8 Å². The fraction of sp³-hybridized carbons (Fsp3) is 0.444. The topological polar surface area (TPSA) is 71.0 Å². The van der Waals surface area contributed by atoms with Gasteiger partial charge < -0.3 is 15.0 Å². The van der Waals surface area contributed by atoms with E-state index in [9.17, 15) is 9.59 Å². The first-order valence-corrected chi connectivity index (χ1v) is 11.9. The number of nitrogens with one attached hydrogen (secondary N) is 1. The molecule has 0 bridgehead atoms. The SMILES string of the molecule is COc1ccc(C2=NC3(CCCCC3)N(CC(=O)NC(C)CCc3ccccc3)C2=O)cc1. The van der Waals surface area contributed by atoms with Gasteiger partial charge >= 0.3 is 0 Å². The van der Waals surface area contributed by atoms with E-state index in [1.807, 2.05) is 49.4 Å². The summed E-state index contributed by atoms with van der Waals surface area (Å²) in [5.41, 5.74) is 1.87. The van der Waals surface area contributed by atoms with Crippen molar-refractivity contribution >= 4 is 17.5 Å². The molecule has 2 aliphatic rings. The van der Waals surface area contributed by atoms with Crippen LogP contribution in [0.4, 0.5) is 0 Å². The zero-order valence-corrected chi connectivity index (χ0v) is 19.5. The number of nitrogens with zero attached hydrogens (tertiary/aromatic N) is 2. The molecule has 1 atom stereocenters. The van der Waals surface area contributed by atoms with Crippen molar-refractivity contribution in [1.82, 2.24) is 10.2 Å². The summed E-state index contributed by atoms with van der Waals surface area (Å²) in [6.45, 7) is 2.06. The molecule has 2 aromatic rings. The van der Waals surface area contributed by atoms with Crippen LogP contribution in [0.15, 0.2) is 59.6 Å². The largest absolute Gasteiger partial charge is 0.497 e. The molecule has 1 spiro atoms. The Bertz CT molecular complexity index is 995. The third-order valence-electron chi connectivity index (χ3n) is 6.71. The highest BCUT2D eigenvalue weighted by Gasteiger charge is 2.48. The number of amides is 2. The second-order valence-electron chi connectivity index (χ2n) is 9.12. The molecule has 0 radical (unpaired) electrons. The average Bonchev–Trinajstić information content (AvgIpc) is 3.10. The van der Waals surface area contributed by atoms with Crippen molar-refractivity contribution in [2.75, 3.05) is 13.7 Å². The first-order chi connectivity index (χ1) is 16.0. The van der Waals surface area contributed by atoms with E-state index in [2.05, 4.69) is 17.4 Å². The molecule has 1 saturated carbocycles. The second-order valence-corrected chi connectivity index (χ2v) is 9.12. The molecular formula is C27H33N3O3. The molecule has 4 rings (SSSR count). The van der Waals surface area contributed by atoms with Gasteiger partial charge in [0.25, 0.3) is 5.91 Å². The van der Waals surface area contributed by atoms with Gasteiger partial charge in [0.2, 0.25) is 5.91 Å². The van der Waals surface area contributed by atoms with Crippen LogP contribution in [-0.4, -0.2) is 47.8 Å². The first kappa shape index (κ1) is 23.0. The zero-order chi connectivity index (χ0) is 23.3. The molecule has 1 fully saturated rings. The van der Waals surface area contributed by atoms with Crippen LogP contribution in [0, 0.1) is 0 Å². The van der Waals surface area contributed by atoms with Gasteiger partial charge in [0.1, 0.15) is 23.7 Å².